The number of fused-ring (bicyclic) bond motifs is 5. The van der Waals surface area contributed by atoms with Crippen molar-refractivity contribution >= 4 is 32.7 Å². The number of hydrogen-bond acceptors (Lipinski definition) is 1. The zero-order valence-corrected chi connectivity index (χ0v) is 16.5. The van der Waals surface area contributed by atoms with Crippen LogP contribution in [0.25, 0.3) is 43.8 Å². The lowest BCUT2D eigenvalue weighted by molar-refractivity contribution is 0.669. The number of para-hydroxylation sites is 1. The molecule has 5 aromatic carbocycles. The molecule has 1 heterocycles. The Kier molecular flexibility index (Phi) is 3.92. The highest BCUT2D eigenvalue weighted by atomic mass is 16.3. The molecule has 0 fully saturated rings. The molecule has 0 bridgehead atoms. The van der Waals surface area contributed by atoms with Crippen molar-refractivity contribution in [3.63, 3.8) is 0 Å². The van der Waals surface area contributed by atoms with Gasteiger partial charge in [-0.25, -0.2) is 0 Å². The Labute approximate surface area is 175 Å². The first kappa shape index (κ1) is 17.1. The molecule has 0 N–H and O–H groups in total. The van der Waals surface area contributed by atoms with Gasteiger partial charge in [0.25, 0.3) is 0 Å². The van der Waals surface area contributed by atoms with Gasteiger partial charge in [0, 0.05) is 10.8 Å². The molecule has 0 atom stereocenters. The van der Waals surface area contributed by atoms with Crippen LogP contribution in [0.2, 0.25) is 0 Å². The maximum atomic E-state index is 6.10. The van der Waals surface area contributed by atoms with Crippen molar-refractivity contribution in [3.8, 4) is 11.1 Å². The Morgan fingerprint density at radius 3 is 2.27 bits per heavy atom. The van der Waals surface area contributed by atoms with E-state index in [1.54, 1.807) is 0 Å². The summed E-state index contributed by atoms with van der Waals surface area (Å²) in [6.07, 6.45) is 0.896. The van der Waals surface area contributed by atoms with Crippen molar-refractivity contribution in [3.05, 3.63) is 120 Å². The topological polar surface area (TPSA) is 13.1 Å². The van der Waals surface area contributed by atoms with Crippen LogP contribution in [0.3, 0.4) is 0 Å². The molecule has 1 nitrogen and oxygen atoms in total. The van der Waals surface area contributed by atoms with E-state index in [4.69, 9.17) is 4.42 Å². The smallest absolute Gasteiger partial charge is 0.136 e. The minimum Gasteiger partial charge on any atom is -0.456 e. The van der Waals surface area contributed by atoms with Gasteiger partial charge in [-0.2, -0.15) is 0 Å². The van der Waals surface area contributed by atoms with E-state index >= 15 is 0 Å². The fourth-order valence-corrected chi connectivity index (χ4v) is 4.49. The molecule has 0 radical (unpaired) electrons. The van der Waals surface area contributed by atoms with Crippen LogP contribution in [0.5, 0.6) is 0 Å². The molecular formula is C29H20O. The van der Waals surface area contributed by atoms with Crippen LogP contribution in [-0.4, -0.2) is 0 Å². The van der Waals surface area contributed by atoms with Crippen LogP contribution in [0.15, 0.2) is 114 Å². The molecule has 0 aliphatic rings. The maximum absolute atomic E-state index is 6.10. The van der Waals surface area contributed by atoms with Crippen LogP contribution < -0.4 is 0 Å². The maximum Gasteiger partial charge on any atom is 0.136 e. The molecule has 142 valence electrons. The number of hydrogen-bond donors (Lipinski definition) is 0. The second kappa shape index (κ2) is 6.89. The van der Waals surface area contributed by atoms with E-state index in [9.17, 15) is 0 Å². The molecule has 0 aliphatic carbocycles. The van der Waals surface area contributed by atoms with E-state index in [1.807, 2.05) is 12.1 Å². The van der Waals surface area contributed by atoms with E-state index in [0.717, 1.165) is 17.6 Å². The van der Waals surface area contributed by atoms with Gasteiger partial charge in [-0.1, -0.05) is 97.1 Å². The van der Waals surface area contributed by atoms with Crippen molar-refractivity contribution in [2.45, 2.75) is 6.42 Å². The lowest BCUT2D eigenvalue weighted by atomic mass is 9.93. The summed E-state index contributed by atoms with van der Waals surface area (Å²) >= 11 is 0. The van der Waals surface area contributed by atoms with E-state index in [-0.39, 0.29) is 0 Å². The largest absolute Gasteiger partial charge is 0.456 e. The zero-order valence-electron chi connectivity index (χ0n) is 16.5. The Morgan fingerprint density at radius 1 is 0.567 bits per heavy atom. The highest BCUT2D eigenvalue weighted by Crippen LogP contribution is 2.35. The first-order valence-electron chi connectivity index (χ1n) is 10.3. The fraction of sp³-hybridized carbons (Fsp3) is 0.0345. The Hall–Kier alpha value is -3.84. The molecule has 0 saturated carbocycles. The van der Waals surface area contributed by atoms with Crippen LogP contribution >= 0.6 is 0 Å². The monoisotopic (exact) mass is 384 g/mol. The number of furan rings is 1. The standard InChI is InChI=1S/C29H20O/c1-2-8-21(9-3-1)24-11-5-4-10-23(24)18-20-14-15-22-16-17-28-29(26(22)19-20)25-12-6-7-13-27(25)30-28/h1-17,19H,18H2. The summed E-state index contributed by atoms with van der Waals surface area (Å²) in [5.41, 5.74) is 7.10. The van der Waals surface area contributed by atoms with Crippen LogP contribution in [0, 0.1) is 0 Å². The molecule has 0 aliphatic heterocycles. The first-order valence-corrected chi connectivity index (χ1v) is 10.3. The van der Waals surface area contributed by atoms with Crippen molar-refractivity contribution in [2.24, 2.45) is 0 Å². The lowest BCUT2D eigenvalue weighted by Gasteiger charge is -2.11. The van der Waals surface area contributed by atoms with Gasteiger partial charge in [0.05, 0.1) is 0 Å². The third-order valence-corrected chi connectivity index (χ3v) is 5.92. The molecule has 6 aromatic rings. The number of benzene rings is 5. The summed E-state index contributed by atoms with van der Waals surface area (Å²) in [6, 6.07) is 38.7. The van der Waals surface area contributed by atoms with Crippen molar-refractivity contribution in [1.82, 2.24) is 0 Å². The molecule has 6 rings (SSSR count). The lowest BCUT2D eigenvalue weighted by Crippen LogP contribution is -1.92. The highest BCUT2D eigenvalue weighted by molar-refractivity contribution is 6.18. The summed E-state index contributed by atoms with van der Waals surface area (Å²) < 4.78 is 6.10. The summed E-state index contributed by atoms with van der Waals surface area (Å²) in [4.78, 5) is 0. The van der Waals surface area contributed by atoms with E-state index in [1.165, 1.54) is 43.8 Å². The molecule has 0 saturated heterocycles. The molecule has 30 heavy (non-hydrogen) atoms. The predicted octanol–water partition coefficient (Wildman–Crippen LogP) is 8.00. The SMILES string of the molecule is c1ccc(-c2ccccc2Cc2ccc3ccc4oc5ccccc5c4c3c2)cc1. The summed E-state index contributed by atoms with van der Waals surface area (Å²) in [5, 5.41) is 4.89. The van der Waals surface area contributed by atoms with E-state index in [2.05, 4.69) is 97.1 Å². The zero-order chi connectivity index (χ0) is 19.9. The van der Waals surface area contributed by atoms with Gasteiger partial charge in [0.2, 0.25) is 0 Å². The van der Waals surface area contributed by atoms with E-state index in [0.29, 0.717) is 0 Å². The molecule has 0 unspecified atom stereocenters. The number of rotatable bonds is 3. The fourth-order valence-electron chi connectivity index (χ4n) is 4.49. The summed E-state index contributed by atoms with van der Waals surface area (Å²) in [7, 11) is 0. The summed E-state index contributed by atoms with van der Waals surface area (Å²) in [5.74, 6) is 0. The second-order valence-electron chi connectivity index (χ2n) is 7.79. The van der Waals surface area contributed by atoms with Gasteiger partial charge in [0.15, 0.2) is 0 Å². The average molecular weight is 384 g/mol. The van der Waals surface area contributed by atoms with Gasteiger partial charge in [0.1, 0.15) is 11.2 Å². The van der Waals surface area contributed by atoms with Crippen LogP contribution in [0.1, 0.15) is 11.1 Å². The van der Waals surface area contributed by atoms with E-state index < -0.39 is 0 Å². The summed E-state index contributed by atoms with van der Waals surface area (Å²) in [6.45, 7) is 0. The first-order chi connectivity index (χ1) is 14.9. The second-order valence-corrected chi connectivity index (χ2v) is 7.79. The minimum atomic E-state index is 0.896. The van der Waals surface area contributed by atoms with Gasteiger partial charge in [-0.05, 0) is 51.6 Å². The minimum absolute atomic E-state index is 0.896. The molecular weight excluding hydrogens is 364 g/mol. The van der Waals surface area contributed by atoms with Gasteiger partial charge < -0.3 is 4.42 Å². The van der Waals surface area contributed by atoms with Crippen LogP contribution in [0.4, 0.5) is 0 Å². The van der Waals surface area contributed by atoms with Gasteiger partial charge in [-0.3, -0.25) is 0 Å². The quantitative estimate of drug-likeness (QED) is 0.301. The third-order valence-electron chi connectivity index (χ3n) is 5.92. The third kappa shape index (κ3) is 2.79. The normalized spacial score (nSPS) is 11.5. The van der Waals surface area contributed by atoms with Gasteiger partial charge >= 0.3 is 0 Å². The molecule has 0 spiro atoms. The Balaban J connectivity index is 1.51. The molecule has 1 aromatic heterocycles. The molecule has 0 amide bonds. The highest BCUT2D eigenvalue weighted by Gasteiger charge is 2.11. The van der Waals surface area contributed by atoms with Crippen LogP contribution in [-0.2, 0) is 6.42 Å². The predicted molar refractivity (Wildman–Crippen MR) is 126 cm³/mol. The molecule has 1 heteroatoms. The Morgan fingerprint density at radius 2 is 1.33 bits per heavy atom. The van der Waals surface area contributed by atoms with Gasteiger partial charge in [-0.15, -0.1) is 0 Å². The Bertz CT molecular complexity index is 1510. The average Bonchev–Trinajstić information content (AvgIpc) is 3.19. The van der Waals surface area contributed by atoms with Crippen molar-refractivity contribution in [2.75, 3.05) is 0 Å². The van der Waals surface area contributed by atoms with Crippen molar-refractivity contribution in [1.29, 1.82) is 0 Å². The van der Waals surface area contributed by atoms with Crippen molar-refractivity contribution < 1.29 is 4.42 Å².